The Morgan fingerprint density at radius 3 is 2.13 bits per heavy atom. The second-order valence-corrected chi connectivity index (χ2v) is 13.9. The maximum absolute atomic E-state index is 12.6. The molecule has 2 aliphatic heterocycles. The number of nitrogens with zero attached hydrogens (tertiary/aromatic N) is 3. The number of nitrogens with one attached hydrogen (secondary N) is 1. The van der Waals surface area contributed by atoms with E-state index < -0.39 is 5.60 Å². The van der Waals surface area contributed by atoms with Crippen LogP contribution in [0.5, 0.6) is 0 Å². The molecule has 0 saturated carbocycles. The Kier molecular flexibility index (Phi) is 8.55. The minimum atomic E-state index is -0.471. The lowest BCUT2D eigenvalue weighted by Crippen LogP contribution is -2.44. The predicted molar refractivity (Wildman–Crippen MR) is 162 cm³/mol. The van der Waals surface area contributed by atoms with Gasteiger partial charge in [0.2, 0.25) is 0 Å². The van der Waals surface area contributed by atoms with Crippen LogP contribution in [-0.2, 0) is 4.74 Å². The van der Waals surface area contributed by atoms with Gasteiger partial charge in [-0.1, -0.05) is 26.0 Å². The van der Waals surface area contributed by atoms with Gasteiger partial charge >= 0.3 is 6.09 Å². The minimum absolute atomic E-state index is 0.0761. The molecule has 1 N–H and O–H groups in total. The van der Waals surface area contributed by atoms with E-state index in [2.05, 4.69) is 65.5 Å². The lowest BCUT2D eigenvalue weighted by molar-refractivity contribution is 0.00365. The number of ether oxygens (including phenoxy) is 1. The van der Waals surface area contributed by atoms with Crippen LogP contribution in [0.3, 0.4) is 0 Å². The summed E-state index contributed by atoms with van der Waals surface area (Å²) >= 11 is 3.35. The Bertz CT molecular complexity index is 1400. The number of aromatic nitrogens is 2. The lowest BCUT2D eigenvalue weighted by Gasteiger charge is -2.39. The lowest BCUT2D eigenvalue weighted by atomic mass is 9.90. The van der Waals surface area contributed by atoms with Crippen molar-refractivity contribution in [1.82, 2.24) is 20.2 Å². The molecule has 0 radical (unpaired) electrons. The predicted octanol–water partition coefficient (Wildman–Crippen LogP) is 8.36. The van der Waals surface area contributed by atoms with Crippen LogP contribution in [0.25, 0.3) is 20.4 Å². The average Bonchev–Trinajstić information content (AvgIpc) is 3.57. The largest absolute Gasteiger partial charge is 0.444 e. The van der Waals surface area contributed by atoms with Crippen LogP contribution < -0.4 is 5.32 Å². The van der Waals surface area contributed by atoms with Crippen molar-refractivity contribution in [2.45, 2.75) is 78.0 Å². The van der Waals surface area contributed by atoms with E-state index in [1.165, 1.54) is 27.8 Å². The number of benzene rings is 2. The molecular weight excluding hydrogens is 525 g/mol. The average molecular weight is 565 g/mol. The van der Waals surface area contributed by atoms with Gasteiger partial charge in [0, 0.05) is 12.6 Å². The molecule has 0 unspecified atom stereocenters. The smallest absolute Gasteiger partial charge is 0.410 e. The highest BCUT2D eigenvalue weighted by molar-refractivity contribution is 7.17. The molecule has 8 heteroatoms. The first-order valence-electron chi connectivity index (χ1n) is 14.1. The number of amides is 1. The standard InChI is InChI=1S/C18H24N2O2S.C13H16N2S/c1-12-5-7-15(20(10-12)17(21)22-18(2,3)4)13-6-8-16-14(9-13)19-11-23-16;1-9-2-4-11(14-7-9)10-3-5-13-12(6-10)15-8-16-13/h6,8-9,11-12,15H,5,7,10H2,1-4H3;3,5-6,8-9,11,14H,2,4,7H2,1H3/t12-,15+;9-,11+/m00/s1. The molecule has 0 spiro atoms. The Hall–Kier alpha value is -2.55. The summed E-state index contributed by atoms with van der Waals surface area (Å²) in [5.74, 6) is 1.32. The van der Waals surface area contributed by atoms with Crippen molar-refractivity contribution < 1.29 is 9.53 Å². The second-order valence-electron chi connectivity index (χ2n) is 12.1. The normalized spacial score (nSPS) is 23.9. The van der Waals surface area contributed by atoms with Gasteiger partial charge in [0.1, 0.15) is 5.60 Å². The molecule has 2 aromatic heterocycles. The zero-order chi connectivity index (χ0) is 27.6. The topological polar surface area (TPSA) is 67.4 Å². The van der Waals surface area contributed by atoms with Gasteiger partial charge in [-0.15, -0.1) is 22.7 Å². The summed E-state index contributed by atoms with van der Waals surface area (Å²) in [6.45, 7) is 12.1. The maximum Gasteiger partial charge on any atom is 0.410 e. The highest BCUT2D eigenvalue weighted by atomic mass is 32.1. The number of likely N-dealkylation sites (tertiary alicyclic amines) is 1. The molecule has 0 aliphatic carbocycles. The molecule has 0 bridgehead atoms. The van der Waals surface area contributed by atoms with E-state index in [-0.39, 0.29) is 12.1 Å². The van der Waals surface area contributed by atoms with Crippen LogP contribution in [0.1, 0.15) is 83.5 Å². The summed E-state index contributed by atoms with van der Waals surface area (Å²) in [4.78, 5) is 23.3. The van der Waals surface area contributed by atoms with Crippen LogP contribution in [0.15, 0.2) is 47.4 Å². The van der Waals surface area contributed by atoms with Crippen molar-refractivity contribution in [1.29, 1.82) is 0 Å². The van der Waals surface area contributed by atoms with Gasteiger partial charge in [-0.3, -0.25) is 0 Å². The third kappa shape index (κ3) is 6.97. The summed E-state index contributed by atoms with van der Waals surface area (Å²) in [6.07, 6.45) is 4.45. The van der Waals surface area contributed by atoms with Crippen molar-refractivity contribution >= 4 is 49.2 Å². The highest BCUT2D eigenvalue weighted by Crippen LogP contribution is 2.36. The van der Waals surface area contributed by atoms with Crippen molar-refractivity contribution in [3.63, 3.8) is 0 Å². The number of rotatable bonds is 2. The summed E-state index contributed by atoms with van der Waals surface area (Å²) in [5, 5.41) is 3.62. The van der Waals surface area contributed by atoms with Crippen molar-refractivity contribution in [2.75, 3.05) is 13.1 Å². The fourth-order valence-corrected chi connectivity index (χ4v) is 6.80. The van der Waals surface area contributed by atoms with E-state index >= 15 is 0 Å². The van der Waals surface area contributed by atoms with Crippen LogP contribution in [0, 0.1) is 11.8 Å². The van der Waals surface area contributed by atoms with E-state index in [1.54, 1.807) is 22.7 Å². The number of piperidine rings is 2. The van der Waals surface area contributed by atoms with Crippen molar-refractivity contribution in [3.05, 3.63) is 58.5 Å². The van der Waals surface area contributed by atoms with Gasteiger partial charge in [0.15, 0.2) is 0 Å². The van der Waals surface area contributed by atoms with Crippen molar-refractivity contribution in [3.8, 4) is 0 Å². The number of fused-ring (bicyclic) bond motifs is 2. The molecule has 6 nitrogen and oxygen atoms in total. The monoisotopic (exact) mass is 564 g/mol. The molecular formula is C31H40N4O2S2. The minimum Gasteiger partial charge on any atom is -0.444 e. The number of carbonyl (C=O) groups excluding carboxylic acids is 1. The summed E-state index contributed by atoms with van der Waals surface area (Å²) in [7, 11) is 0. The fourth-order valence-electron chi connectivity index (χ4n) is 5.48. The Morgan fingerprint density at radius 1 is 0.897 bits per heavy atom. The molecule has 2 fully saturated rings. The van der Waals surface area contributed by atoms with Crippen molar-refractivity contribution in [2.24, 2.45) is 11.8 Å². The fraction of sp³-hybridized carbons (Fsp3) is 0.516. The van der Waals surface area contributed by atoms with Crippen LogP contribution >= 0.6 is 22.7 Å². The molecule has 4 aromatic rings. The molecule has 1 amide bonds. The quantitative estimate of drug-likeness (QED) is 0.265. The molecule has 39 heavy (non-hydrogen) atoms. The van der Waals surface area contributed by atoms with E-state index in [9.17, 15) is 4.79 Å². The number of hydrogen-bond acceptors (Lipinski definition) is 7. The third-order valence-electron chi connectivity index (χ3n) is 7.60. The number of carbonyl (C=O) groups is 1. The second kappa shape index (κ2) is 11.9. The maximum atomic E-state index is 12.6. The molecule has 4 heterocycles. The molecule has 4 atom stereocenters. The first kappa shape index (κ1) is 28.0. The number of thiazole rings is 2. The zero-order valence-electron chi connectivity index (χ0n) is 23.6. The van der Waals surface area contributed by atoms with Crippen LogP contribution in [0.4, 0.5) is 4.79 Å². The molecule has 2 saturated heterocycles. The Morgan fingerprint density at radius 2 is 1.51 bits per heavy atom. The van der Waals surface area contributed by atoms with Gasteiger partial charge in [0.25, 0.3) is 0 Å². The van der Waals surface area contributed by atoms with Gasteiger partial charge in [-0.05, 0) is 100 Å². The summed E-state index contributed by atoms with van der Waals surface area (Å²) in [6, 6.07) is 13.6. The SMILES string of the molecule is C[C@H]1CC[C@H](c2ccc3scnc3c2)N(C(=O)OC(C)(C)C)C1.C[C@H]1CC[C@H](c2ccc3scnc3c2)NC1. The van der Waals surface area contributed by atoms with E-state index in [0.717, 1.165) is 48.4 Å². The molecule has 2 aliphatic rings. The van der Waals surface area contributed by atoms with E-state index in [1.807, 2.05) is 36.7 Å². The van der Waals surface area contributed by atoms with Crippen LogP contribution in [-0.4, -0.2) is 39.7 Å². The summed E-state index contributed by atoms with van der Waals surface area (Å²) in [5.41, 5.74) is 8.01. The molecule has 6 rings (SSSR count). The van der Waals surface area contributed by atoms with Gasteiger partial charge < -0.3 is 15.0 Å². The van der Waals surface area contributed by atoms with Gasteiger partial charge in [0.05, 0.1) is 37.5 Å². The summed E-state index contributed by atoms with van der Waals surface area (Å²) < 4.78 is 8.09. The van der Waals surface area contributed by atoms with Gasteiger partial charge in [-0.2, -0.15) is 0 Å². The molecule has 208 valence electrons. The molecule has 2 aromatic carbocycles. The first-order valence-corrected chi connectivity index (χ1v) is 15.8. The van der Waals surface area contributed by atoms with E-state index in [0.29, 0.717) is 12.0 Å². The van der Waals surface area contributed by atoms with E-state index in [4.69, 9.17) is 4.74 Å². The Labute approximate surface area is 239 Å². The Balaban J connectivity index is 0.000000168. The number of hydrogen-bond donors (Lipinski definition) is 1. The highest BCUT2D eigenvalue weighted by Gasteiger charge is 2.34. The van der Waals surface area contributed by atoms with Crippen LogP contribution in [0.2, 0.25) is 0 Å². The first-order chi connectivity index (χ1) is 18.7. The van der Waals surface area contributed by atoms with Gasteiger partial charge in [-0.25, -0.2) is 14.8 Å². The zero-order valence-corrected chi connectivity index (χ0v) is 25.3. The third-order valence-corrected chi connectivity index (χ3v) is 9.22.